The van der Waals surface area contributed by atoms with Gasteiger partial charge in [0.25, 0.3) is 0 Å². The first-order valence-electron chi connectivity index (χ1n) is 10.4. The van der Waals surface area contributed by atoms with Gasteiger partial charge < -0.3 is 19.2 Å². The fourth-order valence-corrected chi connectivity index (χ4v) is 3.45. The van der Waals surface area contributed by atoms with Gasteiger partial charge in [0.05, 0.1) is 6.61 Å². The molecule has 0 saturated carbocycles. The van der Waals surface area contributed by atoms with Crippen LogP contribution in [0.1, 0.15) is 43.2 Å². The maximum Gasteiger partial charge on any atom is 0.316 e. The summed E-state index contributed by atoms with van der Waals surface area (Å²) >= 11 is 0. The highest BCUT2D eigenvalue weighted by atomic mass is 31.1. The zero-order valence-electron chi connectivity index (χ0n) is 17.6. The topological polar surface area (TPSA) is 97.5 Å². The first-order chi connectivity index (χ1) is 15.2. The zero-order chi connectivity index (χ0) is 21.9. The SMILES string of the molecule is CCC/C(=C\c1nnc(-c2ccc(CNCCCO[PH](=O)O)cc2)o1)c1ccccc1. The smallest absolute Gasteiger partial charge is 0.316 e. The van der Waals surface area contributed by atoms with Gasteiger partial charge in [-0.3, -0.25) is 4.57 Å². The molecule has 1 atom stereocenters. The van der Waals surface area contributed by atoms with Crippen LogP contribution in [0.5, 0.6) is 0 Å². The largest absolute Gasteiger partial charge is 0.417 e. The van der Waals surface area contributed by atoms with Gasteiger partial charge in [0.15, 0.2) is 0 Å². The first-order valence-corrected chi connectivity index (χ1v) is 11.7. The van der Waals surface area contributed by atoms with Crippen molar-refractivity contribution in [2.24, 2.45) is 0 Å². The summed E-state index contributed by atoms with van der Waals surface area (Å²) in [7, 11) is -2.83. The molecule has 3 aromatic rings. The molecule has 0 aliphatic carbocycles. The maximum absolute atomic E-state index is 10.5. The van der Waals surface area contributed by atoms with Crippen molar-refractivity contribution in [2.75, 3.05) is 13.2 Å². The number of benzene rings is 2. The second-order valence-corrected chi connectivity index (χ2v) is 7.89. The van der Waals surface area contributed by atoms with E-state index in [1.165, 1.54) is 11.1 Å². The van der Waals surface area contributed by atoms with Crippen LogP contribution >= 0.6 is 8.25 Å². The van der Waals surface area contributed by atoms with Crippen LogP contribution in [0.3, 0.4) is 0 Å². The van der Waals surface area contributed by atoms with Gasteiger partial charge in [0.2, 0.25) is 11.8 Å². The Balaban J connectivity index is 1.58. The van der Waals surface area contributed by atoms with E-state index in [0.717, 1.165) is 24.0 Å². The van der Waals surface area contributed by atoms with Gasteiger partial charge in [-0.1, -0.05) is 55.8 Å². The Labute approximate surface area is 183 Å². The van der Waals surface area contributed by atoms with E-state index < -0.39 is 8.25 Å². The standard InChI is InChI=1S/C23H28N3O4P/c1-2-7-21(19-8-4-3-5-9-19)16-22-25-26-23(30-22)20-12-10-18(11-13-20)17-24-14-6-15-29-31(27)28/h3-5,8-13,16,24,31H,2,6-7,14-15,17H2,1H3,(H,27,28)/b21-16+. The molecule has 164 valence electrons. The molecule has 0 aliphatic heterocycles. The van der Waals surface area contributed by atoms with Crippen molar-refractivity contribution >= 4 is 19.9 Å². The fourth-order valence-electron chi connectivity index (χ4n) is 3.13. The molecule has 0 saturated heterocycles. The molecule has 3 rings (SSSR count). The Hall–Kier alpha value is -2.57. The lowest BCUT2D eigenvalue weighted by atomic mass is 10.0. The predicted octanol–water partition coefficient (Wildman–Crippen LogP) is 4.96. The lowest BCUT2D eigenvalue weighted by Gasteiger charge is -2.05. The van der Waals surface area contributed by atoms with Crippen LogP contribution in [0.25, 0.3) is 23.1 Å². The number of hydrogen-bond donors (Lipinski definition) is 2. The van der Waals surface area contributed by atoms with E-state index in [1.54, 1.807) is 0 Å². The van der Waals surface area contributed by atoms with Gasteiger partial charge >= 0.3 is 8.25 Å². The van der Waals surface area contributed by atoms with Crippen LogP contribution in [-0.2, 0) is 15.6 Å². The number of hydrogen-bond acceptors (Lipinski definition) is 6. The number of rotatable bonds is 12. The van der Waals surface area contributed by atoms with Crippen LogP contribution in [0.15, 0.2) is 59.0 Å². The second kappa shape index (κ2) is 12.3. The quantitative estimate of drug-likeness (QED) is 0.303. The van der Waals surface area contributed by atoms with Crippen molar-refractivity contribution in [2.45, 2.75) is 32.7 Å². The lowest BCUT2D eigenvalue weighted by Crippen LogP contribution is -2.15. The summed E-state index contributed by atoms with van der Waals surface area (Å²) in [5.41, 5.74) is 4.33. The molecule has 7 nitrogen and oxygen atoms in total. The van der Waals surface area contributed by atoms with Crippen molar-refractivity contribution in [1.29, 1.82) is 0 Å². The van der Waals surface area contributed by atoms with Crippen LogP contribution in [-0.4, -0.2) is 28.2 Å². The van der Waals surface area contributed by atoms with Crippen molar-refractivity contribution in [3.8, 4) is 11.5 Å². The van der Waals surface area contributed by atoms with E-state index in [-0.39, 0.29) is 6.61 Å². The molecule has 0 fully saturated rings. The number of nitrogens with zero attached hydrogens (tertiary/aromatic N) is 2. The molecule has 0 aliphatic rings. The van der Waals surface area contributed by atoms with Crippen LogP contribution in [0, 0.1) is 0 Å². The Morgan fingerprint density at radius 3 is 2.65 bits per heavy atom. The highest BCUT2D eigenvalue weighted by molar-refractivity contribution is 7.32. The summed E-state index contributed by atoms with van der Waals surface area (Å²) in [4.78, 5) is 8.61. The molecule has 0 spiro atoms. The van der Waals surface area contributed by atoms with Crippen molar-refractivity contribution in [3.63, 3.8) is 0 Å². The molecule has 1 heterocycles. The highest BCUT2D eigenvalue weighted by Gasteiger charge is 2.09. The zero-order valence-corrected chi connectivity index (χ0v) is 18.6. The molecule has 0 amide bonds. The average molecular weight is 441 g/mol. The Morgan fingerprint density at radius 2 is 1.94 bits per heavy atom. The molecule has 31 heavy (non-hydrogen) atoms. The summed E-state index contributed by atoms with van der Waals surface area (Å²) in [6, 6.07) is 18.2. The van der Waals surface area contributed by atoms with E-state index in [0.29, 0.717) is 31.3 Å². The van der Waals surface area contributed by atoms with Crippen molar-refractivity contribution < 1.29 is 18.4 Å². The minimum absolute atomic E-state index is 0.276. The fraction of sp³-hybridized carbons (Fsp3) is 0.304. The lowest BCUT2D eigenvalue weighted by molar-refractivity contribution is 0.276. The molecular formula is C23H28N3O4P. The van der Waals surface area contributed by atoms with Gasteiger partial charge in [0, 0.05) is 18.2 Å². The summed E-state index contributed by atoms with van der Waals surface area (Å²) in [6.45, 7) is 3.83. The third kappa shape index (κ3) is 7.56. The van der Waals surface area contributed by atoms with E-state index in [2.05, 4.69) is 39.1 Å². The highest BCUT2D eigenvalue weighted by Crippen LogP contribution is 2.24. The third-order valence-electron chi connectivity index (χ3n) is 4.66. The van der Waals surface area contributed by atoms with Gasteiger partial charge in [-0.15, -0.1) is 10.2 Å². The number of aromatic nitrogens is 2. The molecule has 2 N–H and O–H groups in total. The summed E-state index contributed by atoms with van der Waals surface area (Å²) < 4.78 is 21.0. The third-order valence-corrected chi connectivity index (χ3v) is 5.11. The molecule has 0 radical (unpaired) electrons. The minimum atomic E-state index is -2.83. The minimum Gasteiger partial charge on any atom is -0.417 e. The second-order valence-electron chi connectivity index (χ2n) is 7.07. The first kappa shape index (κ1) is 23.1. The van der Waals surface area contributed by atoms with Crippen molar-refractivity contribution in [3.05, 3.63) is 71.6 Å². The Bertz CT molecular complexity index is 988. The summed E-state index contributed by atoms with van der Waals surface area (Å²) in [5, 5.41) is 11.7. The Morgan fingerprint density at radius 1 is 1.16 bits per heavy atom. The van der Waals surface area contributed by atoms with Gasteiger partial charge in [-0.25, -0.2) is 0 Å². The molecule has 0 bridgehead atoms. The summed E-state index contributed by atoms with van der Waals surface area (Å²) in [5.74, 6) is 0.992. The monoisotopic (exact) mass is 441 g/mol. The molecule has 8 heteroatoms. The van der Waals surface area contributed by atoms with Crippen molar-refractivity contribution in [1.82, 2.24) is 15.5 Å². The predicted molar refractivity (Wildman–Crippen MR) is 122 cm³/mol. The van der Waals surface area contributed by atoms with E-state index in [4.69, 9.17) is 9.31 Å². The van der Waals surface area contributed by atoms with Crippen LogP contribution < -0.4 is 5.32 Å². The number of nitrogens with one attached hydrogen (secondary N) is 1. The normalized spacial score (nSPS) is 12.8. The summed E-state index contributed by atoms with van der Waals surface area (Å²) in [6.07, 6.45) is 4.61. The average Bonchev–Trinajstić information content (AvgIpc) is 3.25. The van der Waals surface area contributed by atoms with Gasteiger partial charge in [-0.05, 0) is 48.2 Å². The maximum atomic E-state index is 10.5. The number of allylic oxidation sites excluding steroid dienone is 1. The Kier molecular flexibility index (Phi) is 9.18. The van der Waals surface area contributed by atoms with E-state index >= 15 is 0 Å². The van der Waals surface area contributed by atoms with Gasteiger partial charge in [-0.2, -0.15) is 0 Å². The van der Waals surface area contributed by atoms with Crippen LogP contribution in [0.2, 0.25) is 0 Å². The van der Waals surface area contributed by atoms with Gasteiger partial charge in [0.1, 0.15) is 0 Å². The molecule has 1 aromatic heterocycles. The van der Waals surface area contributed by atoms with Crippen LogP contribution in [0.4, 0.5) is 0 Å². The van der Waals surface area contributed by atoms with E-state index in [9.17, 15) is 4.57 Å². The molecule has 1 unspecified atom stereocenters. The molecule has 2 aromatic carbocycles. The van der Waals surface area contributed by atoms with E-state index in [1.807, 2.05) is 48.5 Å². The molecular weight excluding hydrogens is 413 g/mol.